The van der Waals surface area contributed by atoms with Crippen LogP contribution < -0.4 is 10.2 Å². The molecule has 186 valence electrons. The molecule has 0 radical (unpaired) electrons. The topological polar surface area (TPSA) is 81.5 Å². The fraction of sp³-hybridized carbons (Fsp3) is 0.536. The molecule has 3 fully saturated rings. The van der Waals surface area contributed by atoms with Gasteiger partial charge in [0, 0.05) is 37.0 Å². The molecule has 1 saturated carbocycles. The van der Waals surface area contributed by atoms with E-state index in [0.717, 1.165) is 55.7 Å². The first-order valence-electron chi connectivity index (χ1n) is 13.1. The van der Waals surface area contributed by atoms with E-state index in [1.54, 1.807) is 0 Å². The van der Waals surface area contributed by atoms with E-state index in [2.05, 4.69) is 20.1 Å². The predicted molar refractivity (Wildman–Crippen MR) is 140 cm³/mol. The number of carbonyl (C=O) groups is 1. The van der Waals surface area contributed by atoms with Gasteiger partial charge in [-0.1, -0.05) is 24.6 Å². The highest BCUT2D eigenvalue weighted by Gasteiger charge is 2.32. The third-order valence-corrected chi connectivity index (χ3v) is 7.88. The zero-order valence-electron chi connectivity index (χ0n) is 20.8. The van der Waals surface area contributed by atoms with Crippen molar-refractivity contribution < 1.29 is 9.53 Å². The molecule has 1 aliphatic carbocycles. The van der Waals surface area contributed by atoms with Crippen molar-refractivity contribution >= 4 is 28.9 Å². The highest BCUT2D eigenvalue weighted by molar-refractivity contribution is 6.10. The van der Waals surface area contributed by atoms with Gasteiger partial charge >= 0.3 is 5.97 Å². The van der Waals surface area contributed by atoms with E-state index < -0.39 is 5.97 Å². The molecule has 1 aromatic carbocycles. The number of hydrogen-bond acceptors (Lipinski definition) is 7. The molecule has 2 aromatic rings. The Balaban J connectivity index is 1.47. The molecular weight excluding hydrogens is 438 g/mol. The van der Waals surface area contributed by atoms with Crippen LogP contribution in [-0.2, 0) is 4.74 Å². The highest BCUT2D eigenvalue weighted by Crippen LogP contribution is 2.38. The lowest BCUT2D eigenvalue weighted by molar-refractivity contribution is 0.0594. The fourth-order valence-electron chi connectivity index (χ4n) is 5.59. The van der Waals surface area contributed by atoms with E-state index in [-0.39, 0.29) is 11.6 Å². The van der Waals surface area contributed by atoms with E-state index in [1.165, 1.54) is 46.0 Å². The monoisotopic (exact) mass is 475 g/mol. The summed E-state index contributed by atoms with van der Waals surface area (Å²) < 4.78 is 5.05. The standard InChI is InChI=1S/C28H37N5O2/c1-35-28(34)23-18-24(33-16-12-20(13-17-33)19-32-14-5-6-15-32)25(26(29)21-8-7-9-21)27(31-23)30-22-10-3-2-4-11-22/h2-4,10-11,18,20-21,29H,5-9,12-17,19H2,1H3,(H,30,31). The number of methoxy groups -OCH3 is 1. The van der Waals surface area contributed by atoms with Gasteiger partial charge < -0.3 is 25.3 Å². The number of esters is 1. The first kappa shape index (κ1) is 23.8. The maximum Gasteiger partial charge on any atom is 0.356 e. The Labute approximate surface area is 208 Å². The third kappa shape index (κ3) is 5.35. The maximum atomic E-state index is 12.6. The summed E-state index contributed by atoms with van der Waals surface area (Å²) in [7, 11) is 1.39. The summed E-state index contributed by atoms with van der Waals surface area (Å²) in [6, 6.07) is 11.7. The number of anilines is 3. The first-order valence-corrected chi connectivity index (χ1v) is 13.1. The summed E-state index contributed by atoms with van der Waals surface area (Å²) in [6.45, 7) is 5.54. The van der Waals surface area contributed by atoms with Gasteiger partial charge in [-0.3, -0.25) is 0 Å². The Morgan fingerprint density at radius 2 is 1.77 bits per heavy atom. The van der Waals surface area contributed by atoms with Crippen molar-refractivity contribution in [3.8, 4) is 0 Å². The summed E-state index contributed by atoms with van der Waals surface area (Å²) in [5.74, 6) is 1.09. The quantitative estimate of drug-likeness (QED) is 0.409. The molecule has 1 aromatic heterocycles. The van der Waals surface area contributed by atoms with Crippen molar-refractivity contribution in [2.24, 2.45) is 11.8 Å². The van der Waals surface area contributed by atoms with Crippen molar-refractivity contribution in [3.05, 3.63) is 47.7 Å². The number of hydrogen-bond donors (Lipinski definition) is 2. The second kappa shape index (κ2) is 10.8. The van der Waals surface area contributed by atoms with Gasteiger partial charge in [0.2, 0.25) is 0 Å². The number of carbonyl (C=O) groups excluding carboxylic acids is 1. The SMILES string of the molecule is COC(=O)c1cc(N2CCC(CN3CCCC3)CC2)c(C(=N)C2CCC2)c(Nc2ccccc2)n1. The molecule has 0 bridgehead atoms. The average molecular weight is 476 g/mol. The van der Waals surface area contributed by atoms with Crippen LogP contribution in [0.5, 0.6) is 0 Å². The second-order valence-electron chi connectivity index (χ2n) is 10.2. The van der Waals surface area contributed by atoms with Gasteiger partial charge in [-0.15, -0.1) is 0 Å². The largest absolute Gasteiger partial charge is 0.464 e. The number of nitrogens with one attached hydrogen (secondary N) is 2. The zero-order chi connectivity index (χ0) is 24.2. The van der Waals surface area contributed by atoms with E-state index in [4.69, 9.17) is 10.1 Å². The van der Waals surface area contributed by atoms with Crippen molar-refractivity contribution in [3.63, 3.8) is 0 Å². The Hall–Kier alpha value is -2.93. The first-order chi connectivity index (χ1) is 17.1. The van der Waals surface area contributed by atoms with Gasteiger partial charge in [-0.05, 0) is 75.7 Å². The van der Waals surface area contributed by atoms with Crippen LogP contribution in [0.3, 0.4) is 0 Å². The minimum absolute atomic E-state index is 0.253. The molecular formula is C28H37N5O2. The lowest BCUT2D eigenvalue weighted by atomic mass is 9.79. The van der Waals surface area contributed by atoms with Crippen molar-refractivity contribution in [1.82, 2.24) is 9.88 Å². The molecule has 35 heavy (non-hydrogen) atoms. The van der Waals surface area contributed by atoms with Crippen LogP contribution in [0.15, 0.2) is 36.4 Å². The lowest BCUT2D eigenvalue weighted by Gasteiger charge is -2.37. The number of benzene rings is 1. The summed E-state index contributed by atoms with van der Waals surface area (Å²) in [5.41, 5.74) is 3.58. The Bertz CT molecular complexity index is 1040. The molecule has 5 rings (SSSR count). The molecule has 0 unspecified atom stereocenters. The number of nitrogens with zero attached hydrogens (tertiary/aromatic N) is 3. The number of ether oxygens (including phenoxy) is 1. The van der Waals surface area contributed by atoms with Gasteiger partial charge in [-0.25, -0.2) is 9.78 Å². The number of piperidine rings is 1. The molecule has 2 aliphatic heterocycles. The van der Waals surface area contributed by atoms with Crippen LogP contribution in [0, 0.1) is 17.2 Å². The van der Waals surface area contributed by atoms with E-state index >= 15 is 0 Å². The minimum atomic E-state index is -0.451. The smallest absolute Gasteiger partial charge is 0.356 e. The van der Waals surface area contributed by atoms with Crippen LogP contribution >= 0.6 is 0 Å². The Morgan fingerprint density at radius 3 is 2.40 bits per heavy atom. The summed E-state index contributed by atoms with van der Waals surface area (Å²) in [4.78, 5) is 22.3. The molecule has 3 aliphatic rings. The molecule has 2 N–H and O–H groups in total. The van der Waals surface area contributed by atoms with Crippen LogP contribution in [0.25, 0.3) is 0 Å². The number of rotatable bonds is 8. The van der Waals surface area contributed by atoms with Gasteiger partial charge in [-0.2, -0.15) is 0 Å². The van der Waals surface area contributed by atoms with E-state index in [9.17, 15) is 4.79 Å². The second-order valence-corrected chi connectivity index (χ2v) is 10.2. The molecule has 0 spiro atoms. The lowest BCUT2D eigenvalue weighted by Crippen LogP contribution is -2.39. The van der Waals surface area contributed by atoms with E-state index in [1.807, 2.05) is 36.4 Å². The third-order valence-electron chi connectivity index (χ3n) is 7.88. The molecule has 0 amide bonds. The molecule has 0 atom stereocenters. The minimum Gasteiger partial charge on any atom is -0.464 e. The number of aromatic nitrogens is 1. The normalized spacial score (nSPS) is 19.4. The van der Waals surface area contributed by atoms with E-state index in [0.29, 0.717) is 17.4 Å². The molecule has 3 heterocycles. The Morgan fingerprint density at radius 1 is 1.06 bits per heavy atom. The molecule has 7 nitrogen and oxygen atoms in total. The van der Waals surface area contributed by atoms with Crippen molar-refractivity contribution in [2.75, 3.05) is 50.1 Å². The molecule has 2 saturated heterocycles. The predicted octanol–water partition coefficient (Wildman–Crippen LogP) is 5.09. The maximum absolute atomic E-state index is 12.6. The molecule has 7 heteroatoms. The van der Waals surface area contributed by atoms with Gasteiger partial charge in [0.1, 0.15) is 5.82 Å². The summed E-state index contributed by atoms with van der Waals surface area (Å²) >= 11 is 0. The van der Waals surface area contributed by atoms with Crippen molar-refractivity contribution in [1.29, 1.82) is 5.41 Å². The van der Waals surface area contributed by atoms with Crippen LogP contribution in [0.4, 0.5) is 17.2 Å². The van der Waals surface area contributed by atoms with Gasteiger partial charge in [0.15, 0.2) is 5.69 Å². The Kier molecular flexibility index (Phi) is 7.32. The van der Waals surface area contributed by atoms with Gasteiger partial charge in [0.05, 0.1) is 18.4 Å². The van der Waals surface area contributed by atoms with Crippen molar-refractivity contribution in [2.45, 2.75) is 44.9 Å². The fourth-order valence-corrected chi connectivity index (χ4v) is 5.59. The summed E-state index contributed by atoms with van der Waals surface area (Å²) in [6.07, 6.45) is 8.17. The number of para-hydroxylation sites is 1. The van der Waals surface area contributed by atoms with Crippen LogP contribution in [0.1, 0.15) is 61.0 Å². The zero-order valence-corrected chi connectivity index (χ0v) is 20.8. The highest BCUT2D eigenvalue weighted by atomic mass is 16.5. The average Bonchev–Trinajstić information content (AvgIpc) is 3.36. The number of pyridine rings is 1. The van der Waals surface area contributed by atoms with Gasteiger partial charge in [0.25, 0.3) is 0 Å². The van der Waals surface area contributed by atoms with Crippen LogP contribution in [-0.4, -0.2) is 61.4 Å². The van der Waals surface area contributed by atoms with Crippen LogP contribution in [0.2, 0.25) is 0 Å². The summed E-state index contributed by atoms with van der Waals surface area (Å²) in [5, 5.41) is 12.6. The number of likely N-dealkylation sites (tertiary alicyclic amines) is 1.